The molecule has 4 heteroatoms. The zero-order chi connectivity index (χ0) is 13.8. The Morgan fingerprint density at radius 1 is 1.53 bits per heavy atom. The van der Waals surface area contributed by atoms with Crippen LogP contribution in [0.5, 0.6) is 5.75 Å². The third kappa shape index (κ3) is 3.44. The quantitative estimate of drug-likeness (QED) is 0.870. The Hall–Kier alpha value is -0.710. The van der Waals surface area contributed by atoms with Crippen LogP contribution in [0.25, 0.3) is 0 Å². The van der Waals surface area contributed by atoms with E-state index in [1.54, 1.807) is 7.11 Å². The van der Waals surface area contributed by atoms with Crippen molar-refractivity contribution in [1.82, 2.24) is 0 Å². The number of rotatable bonds is 5. The van der Waals surface area contributed by atoms with Crippen LogP contribution in [0.15, 0.2) is 18.2 Å². The summed E-state index contributed by atoms with van der Waals surface area (Å²) in [6.07, 6.45) is 2.20. The largest absolute Gasteiger partial charge is 0.497 e. The van der Waals surface area contributed by atoms with E-state index in [4.69, 9.17) is 15.6 Å². The molecule has 106 valence electrons. The number of aliphatic hydroxyl groups excluding tert-OH is 1. The summed E-state index contributed by atoms with van der Waals surface area (Å²) in [4.78, 5) is 0. The number of aliphatic hydroxyl groups is 1. The van der Waals surface area contributed by atoms with Gasteiger partial charge in [0.15, 0.2) is 0 Å². The minimum Gasteiger partial charge on any atom is -0.497 e. The molecule has 1 aliphatic carbocycles. The Bertz CT molecular complexity index is 425. The van der Waals surface area contributed by atoms with Crippen LogP contribution in [0.3, 0.4) is 0 Å². The molecule has 0 radical (unpaired) electrons. The van der Waals surface area contributed by atoms with Crippen LogP contribution < -0.4 is 10.5 Å². The third-order valence-electron chi connectivity index (χ3n) is 3.72. The average molecular weight is 281 g/mol. The van der Waals surface area contributed by atoms with Crippen LogP contribution in [0, 0.1) is 5.92 Å². The maximum absolute atomic E-state index is 9.10. The molecule has 1 aliphatic rings. The second-order valence-electron chi connectivity index (χ2n) is 5.29. The molecule has 19 heavy (non-hydrogen) atoms. The van der Waals surface area contributed by atoms with Crippen molar-refractivity contribution in [1.29, 1.82) is 0 Å². The summed E-state index contributed by atoms with van der Waals surface area (Å²) >= 11 is 1.89. The van der Waals surface area contributed by atoms with Crippen LogP contribution in [-0.4, -0.2) is 29.8 Å². The molecule has 0 bridgehead atoms. The maximum Gasteiger partial charge on any atom is 0.119 e. The minimum atomic E-state index is 0.0646. The van der Waals surface area contributed by atoms with Crippen molar-refractivity contribution in [3.8, 4) is 5.75 Å². The molecule has 1 aromatic rings. The Morgan fingerprint density at radius 2 is 2.32 bits per heavy atom. The number of methoxy groups -OCH3 is 1. The van der Waals surface area contributed by atoms with Crippen molar-refractivity contribution in [2.45, 2.75) is 31.1 Å². The highest BCUT2D eigenvalue weighted by Crippen LogP contribution is 2.37. The predicted octanol–water partition coefficient (Wildman–Crippen LogP) is 2.37. The van der Waals surface area contributed by atoms with Gasteiger partial charge in [0.1, 0.15) is 5.75 Å². The topological polar surface area (TPSA) is 55.5 Å². The van der Waals surface area contributed by atoms with Gasteiger partial charge in [-0.2, -0.15) is 11.8 Å². The molecule has 0 aromatic heterocycles. The number of aryl methyl sites for hydroxylation is 1. The van der Waals surface area contributed by atoms with Gasteiger partial charge < -0.3 is 15.6 Å². The molecule has 0 fully saturated rings. The first-order valence-electron chi connectivity index (χ1n) is 6.80. The normalized spacial score (nSPS) is 23.8. The molecule has 3 nitrogen and oxygen atoms in total. The van der Waals surface area contributed by atoms with E-state index in [0.29, 0.717) is 11.2 Å². The predicted molar refractivity (Wildman–Crippen MR) is 80.7 cm³/mol. The molecule has 0 amide bonds. The van der Waals surface area contributed by atoms with E-state index in [1.807, 2.05) is 17.8 Å². The van der Waals surface area contributed by atoms with Crippen molar-refractivity contribution in [2.24, 2.45) is 11.7 Å². The number of hydrogen-bond acceptors (Lipinski definition) is 4. The van der Waals surface area contributed by atoms with Crippen molar-refractivity contribution in [3.05, 3.63) is 29.3 Å². The van der Waals surface area contributed by atoms with Gasteiger partial charge in [-0.15, -0.1) is 0 Å². The monoisotopic (exact) mass is 281 g/mol. The van der Waals surface area contributed by atoms with Crippen LogP contribution in [0.4, 0.5) is 0 Å². The first-order chi connectivity index (χ1) is 9.15. The van der Waals surface area contributed by atoms with E-state index in [0.717, 1.165) is 24.3 Å². The van der Waals surface area contributed by atoms with Gasteiger partial charge in [-0.05, 0) is 47.8 Å². The minimum absolute atomic E-state index is 0.0646. The number of benzene rings is 1. The number of fused-ring (bicyclic) bond motifs is 1. The lowest BCUT2D eigenvalue weighted by molar-refractivity contribution is 0.250. The van der Waals surface area contributed by atoms with Crippen LogP contribution in [0.1, 0.15) is 30.5 Å². The molecule has 0 saturated heterocycles. The summed E-state index contributed by atoms with van der Waals surface area (Å²) in [5.74, 6) is 2.18. The van der Waals surface area contributed by atoms with E-state index < -0.39 is 0 Å². The summed E-state index contributed by atoms with van der Waals surface area (Å²) in [5.41, 5.74) is 8.97. The first-order valence-corrected chi connectivity index (χ1v) is 7.85. The Morgan fingerprint density at radius 3 is 3.00 bits per heavy atom. The zero-order valence-corrected chi connectivity index (χ0v) is 12.5. The molecule has 0 heterocycles. The highest BCUT2D eigenvalue weighted by molar-refractivity contribution is 7.99. The lowest BCUT2D eigenvalue weighted by Crippen LogP contribution is -2.30. The smallest absolute Gasteiger partial charge is 0.119 e. The van der Waals surface area contributed by atoms with Crippen LogP contribution in [0.2, 0.25) is 0 Å². The second-order valence-corrected chi connectivity index (χ2v) is 6.56. The average Bonchev–Trinajstić information content (AvgIpc) is 2.46. The maximum atomic E-state index is 9.10. The molecule has 3 atom stereocenters. The van der Waals surface area contributed by atoms with Crippen molar-refractivity contribution >= 4 is 11.8 Å². The number of thioether (sulfide) groups is 1. The summed E-state index contributed by atoms with van der Waals surface area (Å²) < 4.78 is 5.28. The standard InChI is InChI=1S/C15H23NO2S/c1-10(8-17)9-19-14-6-4-11-3-5-12(18-2)7-13(11)15(14)16/h3,5,7,10,14-15,17H,4,6,8-9,16H2,1-2H3. The van der Waals surface area contributed by atoms with Gasteiger partial charge >= 0.3 is 0 Å². The molecule has 3 unspecified atom stereocenters. The van der Waals surface area contributed by atoms with Gasteiger partial charge in [0.25, 0.3) is 0 Å². The van der Waals surface area contributed by atoms with E-state index in [2.05, 4.69) is 19.1 Å². The first kappa shape index (κ1) is 14.7. The number of nitrogens with two attached hydrogens (primary N) is 1. The van der Waals surface area contributed by atoms with E-state index in [1.165, 1.54) is 11.1 Å². The highest BCUT2D eigenvalue weighted by atomic mass is 32.2. The summed E-state index contributed by atoms with van der Waals surface area (Å²) in [6.45, 7) is 2.32. The van der Waals surface area contributed by atoms with Gasteiger partial charge in [-0.3, -0.25) is 0 Å². The molecular formula is C15H23NO2S. The zero-order valence-electron chi connectivity index (χ0n) is 11.6. The number of hydrogen-bond donors (Lipinski definition) is 2. The van der Waals surface area contributed by atoms with Crippen molar-refractivity contribution in [3.63, 3.8) is 0 Å². The Labute approximate surface area is 119 Å². The van der Waals surface area contributed by atoms with Crippen LogP contribution in [-0.2, 0) is 6.42 Å². The molecule has 2 rings (SSSR count). The fourth-order valence-electron chi connectivity index (χ4n) is 2.44. The fraction of sp³-hybridized carbons (Fsp3) is 0.600. The van der Waals surface area contributed by atoms with E-state index in [9.17, 15) is 0 Å². The van der Waals surface area contributed by atoms with Gasteiger partial charge in [-0.1, -0.05) is 13.0 Å². The second kappa shape index (κ2) is 6.64. The molecule has 3 N–H and O–H groups in total. The highest BCUT2D eigenvalue weighted by Gasteiger charge is 2.27. The van der Waals surface area contributed by atoms with Gasteiger partial charge in [0, 0.05) is 17.9 Å². The number of ether oxygens (including phenoxy) is 1. The summed E-state index contributed by atoms with van der Waals surface area (Å²) in [5, 5.41) is 9.53. The molecule has 0 spiro atoms. The Balaban J connectivity index is 2.07. The summed E-state index contributed by atoms with van der Waals surface area (Å²) in [7, 11) is 1.69. The molecule has 1 aromatic carbocycles. The SMILES string of the molecule is COc1ccc2c(c1)C(N)C(SCC(C)CO)CC2. The molecule has 0 saturated carbocycles. The van der Waals surface area contributed by atoms with Crippen LogP contribution >= 0.6 is 11.8 Å². The van der Waals surface area contributed by atoms with Crippen molar-refractivity contribution < 1.29 is 9.84 Å². The lowest BCUT2D eigenvalue weighted by atomic mass is 9.87. The van der Waals surface area contributed by atoms with Gasteiger partial charge in [0.05, 0.1) is 7.11 Å². The summed E-state index contributed by atoms with van der Waals surface area (Å²) in [6, 6.07) is 6.27. The van der Waals surface area contributed by atoms with E-state index >= 15 is 0 Å². The molecular weight excluding hydrogens is 258 g/mol. The van der Waals surface area contributed by atoms with Crippen molar-refractivity contribution in [2.75, 3.05) is 19.5 Å². The molecule has 0 aliphatic heterocycles. The van der Waals surface area contributed by atoms with Gasteiger partial charge in [0.2, 0.25) is 0 Å². The third-order valence-corrected chi connectivity index (χ3v) is 5.44. The lowest BCUT2D eigenvalue weighted by Gasteiger charge is -2.31. The fourth-order valence-corrected chi connectivity index (χ4v) is 3.76. The van der Waals surface area contributed by atoms with Gasteiger partial charge in [-0.25, -0.2) is 0 Å². The Kier molecular flexibility index (Phi) is 5.13. The van der Waals surface area contributed by atoms with E-state index in [-0.39, 0.29) is 12.6 Å².